The first-order chi connectivity index (χ1) is 10.9. The fraction of sp³-hybridized carbons (Fsp3) is 0.765. The summed E-state index contributed by atoms with van der Waals surface area (Å²) in [5, 5.41) is 3.35. The fourth-order valence-corrected chi connectivity index (χ4v) is 2.70. The van der Waals surface area contributed by atoms with E-state index in [2.05, 4.69) is 47.9 Å². The van der Waals surface area contributed by atoms with Crippen LogP contribution in [0.2, 0.25) is 0 Å². The molecule has 0 aromatic carbocycles. The first kappa shape index (κ1) is 17.8. The zero-order valence-electron chi connectivity index (χ0n) is 15.1. The Labute approximate surface area is 139 Å². The Bertz CT molecular complexity index is 511. The lowest BCUT2D eigenvalue weighted by Gasteiger charge is -2.33. The van der Waals surface area contributed by atoms with Crippen molar-refractivity contribution in [1.29, 1.82) is 0 Å². The Morgan fingerprint density at radius 1 is 1.43 bits per heavy atom. The lowest BCUT2D eigenvalue weighted by atomic mass is 9.94. The van der Waals surface area contributed by atoms with Gasteiger partial charge in [0.2, 0.25) is 5.89 Å². The first-order valence-electron chi connectivity index (χ1n) is 8.46. The second-order valence-corrected chi connectivity index (χ2v) is 6.91. The van der Waals surface area contributed by atoms with Crippen LogP contribution >= 0.6 is 0 Å². The molecule has 0 radical (unpaired) electrons. The summed E-state index contributed by atoms with van der Waals surface area (Å²) in [5.74, 6) is 2.50. The summed E-state index contributed by atoms with van der Waals surface area (Å²) < 4.78 is 11.5. The van der Waals surface area contributed by atoms with E-state index in [0.717, 1.165) is 44.3 Å². The number of ether oxygens (including phenoxy) is 1. The molecule has 2 heterocycles. The quantitative estimate of drug-likeness (QED) is 0.682. The van der Waals surface area contributed by atoms with Gasteiger partial charge in [0.15, 0.2) is 5.96 Å². The van der Waals surface area contributed by atoms with Gasteiger partial charge in [-0.2, -0.15) is 0 Å². The van der Waals surface area contributed by atoms with E-state index in [1.54, 1.807) is 0 Å². The van der Waals surface area contributed by atoms with Gasteiger partial charge in [0, 0.05) is 32.2 Å². The summed E-state index contributed by atoms with van der Waals surface area (Å²) in [5.41, 5.74) is -0.0198. The van der Waals surface area contributed by atoms with Crippen molar-refractivity contribution in [1.82, 2.24) is 15.2 Å². The Morgan fingerprint density at radius 2 is 2.13 bits per heavy atom. The van der Waals surface area contributed by atoms with Crippen molar-refractivity contribution in [2.75, 3.05) is 26.7 Å². The predicted octanol–water partition coefficient (Wildman–Crippen LogP) is 2.55. The van der Waals surface area contributed by atoms with Crippen LogP contribution in [0.3, 0.4) is 0 Å². The zero-order valence-corrected chi connectivity index (χ0v) is 15.1. The normalized spacial score (nSPS) is 17.6. The van der Waals surface area contributed by atoms with Crippen LogP contribution in [0.15, 0.2) is 15.6 Å². The molecule has 1 N–H and O–H groups in total. The maximum atomic E-state index is 5.81. The molecule has 0 aliphatic carbocycles. The standard InChI is InChI=1S/C17H30N4O2/c1-6-22-13-7-9-21(10-8-13)16(18-5)20-12-15-19-11-14(23-15)17(2,3)4/h11,13H,6-10,12H2,1-5H3,(H,18,20). The van der Waals surface area contributed by atoms with Gasteiger partial charge in [-0.25, -0.2) is 4.98 Å². The number of oxazole rings is 1. The van der Waals surface area contributed by atoms with Crippen LogP contribution in [0.4, 0.5) is 0 Å². The number of hydrogen-bond acceptors (Lipinski definition) is 4. The molecule has 23 heavy (non-hydrogen) atoms. The SMILES string of the molecule is CCOC1CCN(C(=NC)NCc2ncc(C(C)(C)C)o2)CC1. The number of rotatable bonds is 4. The molecule has 6 heteroatoms. The van der Waals surface area contributed by atoms with E-state index < -0.39 is 0 Å². The maximum Gasteiger partial charge on any atom is 0.213 e. The van der Waals surface area contributed by atoms with Crippen molar-refractivity contribution in [3.05, 3.63) is 17.8 Å². The number of nitrogens with zero attached hydrogens (tertiary/aromatic N) is 3. The zero-order chi connectivity index (χ0) is 16.9. The Kier molecular flexibility index (Phi) is 6.04. The number of guanidine groups is 1. The summed E-state index contributed by atoms with van der Waals surface area (Å²) in [6, 6.07) is 0. The molecule has 0 bridgehead atoms. The number of hydrogen-bond donors (Lipinski definition) is 1. The van der Waals surface area contributed by atoms with E-state index in [9.17, 15) is 0 Å². The first-order valence-corrected chi connectivity index (χ1v) is 8.46. The van der Waals surface area contributed by atoms with Gasteiger partial charge in [0.05, 0.1) is 18.8 Å². The highest BCUT2D eigenvalue weighted by Gasteiger charge is 2.22. The summed E-state index contributed by atoms with van der Waals surface area (Å²) >= 11 is 0. The molecular weight excluding hydrogens is 292 g/mol. The monoisotopic (exact) mass is 322 g/mol. The molecule has 1 aliphatic rings. The molecule has 130 valence electrons. The Hall–Kier alpha value is -1.56. The lowest BCUT2D eigenvalue weighted by molar-refractivity contribution is 0.0263. The lowest BCUT2D eigenvalue weighted by Crippen LogP contribution is -2.46. The third-order valence-corrected chi connectivity index (χ3v) is 4.05. The van der Waals surface area contributed by atoms with Crippen molar-refractivity contribution in [2.45, 2.75) is 58.6 Å². The molecule has 0 saturated carbocycles. The second kappa shape index (κ2) is 7.81. The van der Waals surface area contributed by atoms with Crippen LogP contribution in [0.25, 0.3) is 0 Å². The van der Waals surface area contributed by atoms with E-state index in [4.69, 9.17) is 9.15 Å². The number of likely N-dealkylation sites (tertiary alicyclic amines) is 1. The van der Waals surface area contributed by atoms with Crippen LogP contribution < -0.4 is 5.32 Å². The van der Waals surface area contributed by atoms with Gasteiger partial charge < -0.3 is 19.4 Å². The molecule has 2 rings (SSSR count). The number of nitrogens with one attached hydrogen (secondary N) is 1. The largest absolute Gasteiger partial charge is 0.443 e. The fourth-order valence-electron chi connectivity index (χ4n) is 2.70. The van der Waals surface area contributed by atoms with Crippen LogP contribution in [-0.2, 0) is 16.7 Å². The van der Waals surface area contributed by atoms with Gasteiger partial charge in [-0.05, 0) is 19.8 Å². The van der Waals surface area contributed by atoms with E-state index in [1.807, 2.05) is 13.2 Å². The highest BCUT2D eigenvalue weighted by atomic mass is 16.5. The number of aliphatic imine (C=N–C) groups is 1. The minimum absolute atomic E-state index is 0.0198. The van der Waals surface area contributed by atoms with E-state index in [-0.39, 0.29) is 5.41 Å². The summed E-state index contributed by atoms with van der Waals surface area (Å²) in [6.07, 6.45) is 4.28. The molecule has 6 nitrogen and oxygen atoms in total. The summed E-state index contributed by atoms with van der Waals surface area (Å²) in [4.78, 5) is 11.0. The maximum absolute atomic E-state index is 5.81. The van der Waals surface area contributed by atoms with Crippen LogP contribution in [-0.4, -0.2) is 48.7 Å². The molecule has 1 aromatic rings. The highest BCUT2D eigenvalue weighted by Crippen LogP contribution is 2.22. The second-order valence-electron chi connectivity index (χ2n) is 6.91. The van der Waals surface area contributed by atoms with Gasteiger partial charge in [0.1, 0.15) is 5.76 Å². The summed E-state index contributed by atoms with van der Waals surface area (Å²) in [7, 11) is 1.81. The van der Waals surface area contributed by atoms with Gasteiger partial charge in [0.25, 0.3) is 0 Å². The molecule has 1 aliphatic heterocycles. The number of piperidine rings is 1. The minimum Gasteiger partial charge on any atom is -0.443 e. The molecule has 0 unspecified atom stereocenters. The van der Waals surface area contributed by atoms with Crippen molar-refractivity contribution in [2.24, 2.45) is 4.99 Å². The van der Waals surface area contributed by atoms with Crippen molar-refractivity contribution >= 4 is 5.96 Å². The average Bonchev–Trinajstić information content (AvgIpc) is 2.99. The van der Waals surface area contributed by atoms with Crippen LogP contribution in [0.5, 0.6) is 0 Å². The van der Waals surface area contributed by atoms with Gasteiger partial charge >= 0.3 is 0 Å². The van der Waals surface area contributed by atoms with Gasteiger partial charge in [-0.15, -0.1) is 0 Å². The predicted molar refractivity (Wildman–Crippen MR) is 91.6 cm³/mol. The smallest absolute Gasteiger partial charge is 0.213 e. The molecular formula is C17H30N4O2. The average molecular weight is 322 g/mol. The Balaban J connectivity index is 1.85. The third kappa shape index (κ3) is 4.96. The molecule has 1 fully saturated rings. The molecule has 0 amide bonds. The van der Waals surface area contributed by atoms with Gasteiger partial charge in [-0.3, -0.25) is 4.99 Å². The number of aromatic nitrogens is 1. The molecule has 0 atom stereocenters. The molecule has 0 spiro atoms. The third-order valence-electron chi connectivity index (χ3n) is 4.05. The topological polar surface area (TPSA) is 62.9 Å². The van der Waals surface area contributed by atoms with Gasteiger partial charge in [-0.1, -0.05) is 20.8 Å². The molecule has 1 aromatic heterocycles. The van der Waals surface area contributed by atoms with Crippen molar-refractivity contribution in [3.63, 3.8) is 0 Å². The highest BCUT2D eigenvalue weighted by molar-refractivity contribution is 5.79. The van der Waals surface area contributed by atoms with E-state index in [1.165, 1.54) is 0 Å². The van der Waals surface area contributed by atoms with Crippen LogP contribution in [0, 0.1) is 0 Å². The van der Waals surface area contributed by atoms with E-state index in [0.29, 0.717) is 18.5 Å². The van der Waals surface area contributed by atoms with Crippen molar-refractivity contribution < 1.29 is 9.15 Å². The van der Waals surface area contributed by atoms with Crippen molar-refractivity contribution in [3.8, 4) is 0 Å². The van der Waals surface area contributed by atoms with E-state index >= 15 is 0 Å². The molecule has 1 saturated heterocycles. The summed E-state index contributed by atoms with van der Waals surface area (Å²) in [6.45, 7) is 11.7. The minimum atomic E-state index is -0.0198. The Morgan fingerprint density at radius 3 is 2.65 bits per heavy atom. The van der Waals surface area contributed by atoms with Crippen LogP contribution in [0.1, 0.15) is 52.2 Å².